The van der Waals surface area contributed by atoms with Crippen molar-refractivity contribution in [2.45, 2.75) is 32.6 Å². The summed E-state index contributed by atoms with van der Waals surface area (Å²) in [6, 6.07) is 13.0. The van der Waals surface area contributed by atoms with E-state index >= 15 is 0 Å². The van der Waals surface area contributed by atoms with Gasteiger partial charge in [0.2, 0.25) is 0 Å². The summed E-state index contributed by atoms with van der Waals surface area (Å²) in [5.74, 6) is 0.567. The van der Waals surface area contributed by atoms with Gasteiger partial charge in [-0.2, -0.15) is 0 Å². The van der Waals surface area contributed by atoms with Crippen LogP contribution in [0.3, 0.4) is 0 Å². The molecule has 224 valence electrons. The molecule has 10 heteroatoms. The highest BCUT2D eigenvalue weighted by Crippen LogP contribution is 2.28. The molecule has 0 aliphatic heterocycles. The van der Waals surface area contributed by atoms with Crippen LogP contribution in [0.2, 0.25) is 0 Å². The largest absolute Gasteiger partial charge is 0.490 e. The number of hydrogen-bond donors (Lipinski definition) is 2. The topological polar surface area (TPSA) is 130 Å². The number of aliphatic hydroxyl groups excluding tert-OH is 2. The lowest BCUT2D eigenvalue weighted by atomic mass is 10.1. The van der Waals surface area contributed by atoms with E-state index in [1.807, 2.05) is 12.1 Å². The molecular formula is C31H40O10. The Kier molecular flexibility index (Phi) is 15.5. The minimum Gasteiger partial charge on any atom is -0.490 e. The fourth-order valence-corrected chi connectivity index (χ4v) is 3.37. The average molecular weight is 573 g/mol. The van der Waals surface area contributed by atoms with Crippen LogP contribution in [0.15, 0.2) is 66.8 Å². The zero-order chi connectivity index (χ0) is 29.9. The normalized spacial score (nSPS) is 10.4. The Morgan fingerprint density at radius 3 is 1.46 bits per heavy atom. The number of aliphatic hydroxyl groups is 2. The van der Waals surface area contributed by atoms with Crippen molar-refractivity contribution in [3.63, 3.8) is 0 Å². The minimum absolute atomic E-state index is 0.0335. The first-order valence-corrected chi connectivity index (χ1v) is 13.5. The smallest absolute Gasteiger partial charge is 0.335 e. The molecule has 0 atom stereocenters. The molecule has 0 heterocycles. The van der Waals surface area contributed by atoms with Gasteiger partial charge in [-0.1, -0.05) is 45.1 Å². The molecule has 0 fully saturated rings. The second-order valence-electron chi connectivity index (χ2n) is 8.93. The lowest BCUT2D eigenvalue weighted by Gasteiger charge is -2.14. The van der Waals surface area contributed by atoms with Gasteiger partial charge in [-0.05, 0) is 30.5 Å². The zero-order valence-corrected chi connectivity index (χ0v) is 23.6. The van der Waals surface area contributed by atoms with Gasteiger partial charge in [-0.25, -0.2) is 9.59 Å². The Balaban J connectivity index is 1.90. The molecular weight excluding hydrogens is 532 g/mol. The van der Waals surface area contributed by atoms with E-state index in [9.17, 15) is 9.59 Å². The van der Waals surface area contributed by atoms with Crippen molar-refractivity contribution in [2.24, 2.45) is 0 Å². The van der Waals surface area contributed by atoms with Crippen molar-refractivity contribution in [3.05, 3.63) is 72.3 Å². The molecule has 2 rings (SSSR count). The Morgan fingerprint density at radius 1 is 0.634 bits per heavy atom. The summed E-state index contributed by atoms with van der Waals surface area (Å²) in [5, 5.41) is 17.9. The molecule has 0 saturated carbocycles. The second-order valence-corrected chi connectivity index (χ2v) is 8.93. The number of rotatable bonds is 21. The SMILES string of the molecule is C=C(CO)C(=O)OCCOc1cc(OCCOC(=O)C(=C)CO)cc(OCCOc2ccc(CCCCC)cc2)c1. The van der Waals surface area contributed by atoms with Gasteiger partial charge in [0.15, 0.2) is 0 Å². The van der Waals surface area contributed by atoms with Gasteiger partial charge in [0.25, 0.3) is 0 Å². The fraction of sp³-hybridized carbons (Fsp3) is 0.419. The number of carbonyl (C=O) groups is 2. The molecule has 10 nitrogen and oxygen atoms in total. The van der Waals surface area contributed by atoms with Gasteiger partial charge in [-0.3, -0.25) is 0 Å². The van der Waals surface area contributed by atoms with Crippen LogP contribution in [0.25, 0.3) is 0 Å². The first-order valence-electron chi connectivity index (χ1n) is 13.5. The maximum absolute atomic E-state index is 11.6. The molecule has 2 aromatic carbocycles. The highest BCUT2D eigenvalue weighted by Gasteiger charge is 2.10. The van der Waals surface area contributed by atoms with Crippen LogP contribution in [0.5, 0.6) is 23.0 Å². The number of carbonyl (C=O) groups excluding carboxylic acids is 2. The predicted molar refractivity (Wildman–Crippen MR) is 152 cm³/mol. The lowest BCUT2D eigenvalue weighted by Crippen LogP contribution is -2.15. The van der Waals surface area contributed by atoms with Crippen molar-refractivity contribution in [1.29, 1.82) is 0 Å². The Morgan fingerprint density at radius 2 is 1.05 bits per heavy atom. The molecule has 0 radical (unpaired) electrons. The second kappa shape index (κ2) is 19.1. The van der Waals surface area contributed by atoms with Crippen molar-refractivity contribution in [2.75, 3.05) is 52.9 Å². The van der Waals surface area contributed by atoms with Crippen LogP contribution in [0.1, 0.15) is 31.7 Å². The van der Waals surface area contributed by atoms with E-state index in [4.69, 9.17) is 38.6 Å². The Hall–Kier alpha value is -4.02. The Bertz CT molecular complexity index is 1060. The zero-order valence-electron chi connectivity index (χ0n) is 23.6. The quantitative estimate of drug-likeness (QED) is 0.129. The minimum atomic E-state index is -0.707. The fourth-order valence-electron chi connectivity index (χ4n) is 3.37. The van der Waals surface area contributed by atoms with Gasteiger partial charge in [0.1, 0.15) is 62.6 Å². The number of esters is 2. The summed E-state index contributed by atoms with van der Waals surface area (Å²) in [6.07, 6.45) is 4.64. The summed E-state index contributed by atoms with van der Waals surface area (Å²) in [4.78, 5) is 23.2. The van der Waals surface area contributed by atoms with Crippen LogP contribution >= 0.6 is 0 Å². The van der Waals surface area contributed by atoms with E-state index in [0.29, 0.717) is 23.9 Å². The molecule has 41 heavy (non-hydrogen) atoms. The first-order chi connectivity index (χ1) is 19.9. The van der Waals surface area contributed by atoms with Crippen LogP contribution in [0.4, 0.5) is 0 Å². The third-order valence-electron chi connectivity index (χ3n) is 5.60. The first kappa shape index (κ1) is 33.2. The summed E-state index contributed by atoms with van der Waals surface area (Å²) >= 11 is 0. The van der Waals surface area contributed by atoms with Gasteiger partial charge >= 0.3 is 11.9 Å². The molecule has 0 aromatic heterocycles. The van der Waals surface area contributed by atoms with E-state index < -0.39 is 25.2 Å². The van der Waals surface area contributed by atoms with Crippen LogP contribution in [-0.2, 0) is 25.5 Å². The third kappa shape index (κ3) is 13.3. The number of unbranched alkanes of at least 4 members (excludes halogenated alkanes) is 2. The van der Waals surface area contributed by atoms with Crippen molar-refractivity contribution in [1.82, 2.24) is 0 Å². The Labute approximate surface area is 241 Å². The molecule has 0 aliphatic rings. The molecule has 0 saturated heterocycles. The number of hydrogen-bond acceptors (Lipinski definition) is 10. The maximum atomic E-state index is 11.6. The summed E-state index contributed by atoms with van der Waals surface area (Å²) < 4.78 is 33.0. The standard InChI is InChI=1S/C31H40O10/c1-4-5-6-7-25-8-10-26(11-9-25)36-12-13-37-27-18-28(38-14-16-40-30(34)23(2)21-32)20-29(19-27)39-15-17-41-31(35)24(3)22-33/h8-11,18-20,32-33H,2-7,12-17,21-22H2,1H3. The summed E-state index contributed by atoms with van der Waals surface area (Å²) in [5.41, 5.74) is 1.18. The van der Waals surface area contributed by atoms with E-state index in [2.05, 4.69) is 32.2 Å². The van der Waals surface area contributed by atoms with Crippen LogP contribution < -0.4 is 18.9 Å². The third-order valence-corrected chi connectivity index (χ3v) is 5.60. The van der Waals surface area contributed by atoms with E-state index in [0.717, 1.165) is 12.2 Å². The van der Waals surface area contributed by atoms with Gasteiger partial charge in [-0.15, -0.1) is 0 Å². The number of aryl methyl sites for hydroxylation is 1. The number of benzene rings is 2. The highest BCUT2D eigenvalue weighted by atomic mass is 16.6. The molecule has 2 N–H and O–H groups in total. The van der Waals surface area contributed by atoms with Crippen molar-refractivity contribution < 1.29 is 48.2 Å². The van der Waals surface area contributed by atoms with Gasteiger partial charge in [0.05, 0.1) is 24.4 Å². The molecule has 0 aliphatic carbocycles. The maximum Gasteiger partial charge on any atom is 0.335 e. The molecule has 0 bridgehead atoms. The van der Waals surface area contributed by atoms with Crippen molar-refractivity contribution in [3.8, 4) is 23.0 Å². The number of ether oxygens (including phenoxy) is 6. The summed E-state index contributed by atoms with van der Waals surface area (Å²) in [7, 11) is 0. The average Bonchev–Trinajstić information content (AvgIpc) is 2.99. The van der Waals surface area contributed by atoms with E-state index in [-0.39, 0.29) is 44.2 Å². The lowest BCUT2D eigenvalue weighted by molar-refractivity contribution is -0.141. The van der Waals surface area contributed by atoms with Gasteiger partial charge in [0, 0.05) is 18.2 Å². The van der Waals surface area contributed by atoms with E-state index in [1.54, 1.807) is 18.2 Å². The van der Waals surface area contributed by atoms with Crippen molar-refractivity contribution >= 4 is 11.9 Å². The predicted octanol–water partition coefficient (Wildman–Crippen LogP) is 3.82. The monoisotopic (exact) mass is 572 g/mol. The molecule has 0 unspecified atom stereocenters. The summed E-state index contributed by atoms with van der Waals surface area (Å²) in [6.45, 7) is 8.54. The highest BCUT2D eigenvalue weighted by molar-refractivity contribution is 5.88. The molecule has 2 aromatic rings. The molecule has 0 spiro atoms. The molecule has 0 amide bonds. The van der Waals surface area contributed by atoms with Gasteiger partial charge < -0.3 is 38.6 Å². The van der Waals surface area contributed by atoms with E-state index in [1.165, 1.54) is 24.8 Å². The van der Waals surface area contributed by atoms with Crippen LogP contribution in [-0.4, -0.2) is 75.0 Å². The van der Waals surface area contributed by atoms with Crippen LogP contribution in [0, 0.1) is 0 Å².